The number of carbonyl (C=O) groups excluding carboxylic acids is 2. The van der Waals surface area contributed by atoms with E-state index in [1.807, 2.05) is 31.2 Å². The van der Waals surface area contributed by atoms with Gasteiger partial charge < -0.3 is 19.1 Å². The van der Waals surface area contributed by atoms with Crippen molar-refractivity contribution < 1.29 is 23.8 Å². The van der Waals surface area contributed by atoms with Gasteiger partial charge in [-0.15, -0.1) is 0 Å². The SMILES string of the molecule is COc1cc(C(=O)N2CCC(C(=O)c3ccc(C)cc3)CC2)cc(OC)c1OC. The maximum atomic E-state index is 13.0. The van der Waals surface area contributed by atoms with E-state index in [1.165, 1.54) is 21.3 Å². The second kappa shape index (κ2) is 8.99. The van der Waals surface area contributed by atoms with Crippen LogP contribution in [0.3, 0.4) is 0 Å². The molecule has 6 heteroatoms. The zero-order chi connectivity index (χ0) is 21.0. The van der Waals surface area contributed by atoms with Gasteiger partial charge in [0.15, 0.2) is 17.3 Å². The maximum absolute atomic E-state index is 13.0. The van der Waals surface area contributed by atoms with E-state index in [2.05, 4.69) is 0 Å². The second-order valence-corrected chi connectivity index (χ2v) is 7.21. The number of carbonyl (C=O) groups is 2. The number of amides is 1. The summed E-state index contributed by atoms with van der Waals surface area (Å²) in [5.41, 5.74) is 2.35. The minimum Gasteiger partial charge on any atom is -0.493 e. The Kier molecular flexibility index (Phi) is 6.42. The van der Waals surface area contributed by atoms with Gasteiger partial charge in [-0.05, 0) is 31.9 Å². The number of methoxy groups -OCH3 is 3. The summed E-state index contributed by atoms with van der Waals surface area (Å²) >= 11 is 0. The third kappa shape index (κ3) is 4.36. The molecule has 0 bridgehead atoms. The predicted molar refractivity (Wildman–Crippen MR) is 110 cm³/mol. The van der Waals surface area contributed by atoms with Gasteiger partial charge in [0.05, 0.1) is 21.3 Å². The zero-order valence-electron chi connectivity index (χ0n) is 17.4. The van der Waals surface area contributed by atoms with Gasteiger partial charge in [0.25, 0.3) is 5.91 Å². The number of rotatable bonds is 6. The first kappa shape index (κ1) is 20.7. The largest absolute Gasteiger partial charge is 0.493 e. The minimum atomic E-state index is -0.106. The monoisotopic (exact) mass is 397 g/mol. The van der Waals surface area contributed by atoms with Crippen LogP contribution in [0.4, 0.5) is 0 Å². The molecule has 1 saturated heterocycles. The summed E-state index contributed by atoms with van der Waals surface area (Å²) < 4.78 is 16.0. The molecule has 0 aliphatic carbocycles. The van der Waals surface area contributed by atoms with E-state index in [1.54, 1.807) is 17.0 Å². The summed E-state index contributed by atoms with van der Waals surface area (Å²) in [5.74, 6) is 1.34. The van der Waals surface area contributed by atoms with Crippen molar-refractivity contribution in [3.63, 3.8) is 0 Å². The highest BCUT2D eigenvalue weighted by Crippen LogP contribution is 2.38. The van der Waals surface area contributed by atoms with Crippen LogP contribution in [0.15, 0.2) is 36.4 Å². The molecule has 2 aromatic rings. The predicted octanol–water partition coefficient (Wildman–Crippen LogP) is 3.76. The van der Waals surface area contributed by atoms with E-state index in [0.29, 0.717) is 48.7 Å². The molecule has 154 valence electrons. The standard InChI is InChI=1S/C23H27NO5/c1-15-5-7-16(8-6-15)21(25)17-9-11-24(12-10-17)23(26)18-13-19(27-2)22(29-4)20(14-18)28-3/h5-8,13-14,17H,9-12H2,1-4H3. The minimum absolute atomic E-state index is 0.0540. The van der Waals surface area contributed by atoms with E-state index >= 15 is 0 Å². The van der Waals surface area contributed by atoms with Crippen LogP contribution < -0.4 is 14.2 Å². The van der Waals surface area contributed by atoms with E-state index in [9.17, 15) is 9.59 Å². The summed E-state index contributed by atoms with van der Waals surface area (Å²) in [6, 6.07) is 11.0. The molecule has 0 N–H and O–H groups in total. The lowest BCUT2D eigenvalue weighted by molar-refractivity contribution is 0.0649. The number of nitrogens with zero attached hydrogens (tertiary/aromatic N) is 1. The molecule has 0 saturated carbocycles. The lowest BCUT2D eigenvalue weighted by Crippen LogP contribution is -2.40. The van der Waals surface area contributed by atoms with Crippen LogP contribution in [-0.2, 0) is 0 Å². The smallest absolute Gasteiger partial charge is 0.254 e. The molecule has 3 rings (SSSR count). The number of likely N-dealkylation sites (tertiary alicyclic amines) is 1. The van der Waals surface area contributed by atoms with E-state index in [4.69, 9.17) is 14.2 Å². The highest BCUT2D eigenvalue weighted by molar-refractivity contribution is 5.98. The molecule has 0 spiro atoms. The molecule has 1 amide bonds. The average Bonchev–Trinajstić information content (AvgIpc) is 2.77. The van der Waals surface area contributed by atoms with Gasteiger partial charge in [-0.3, -0.25) is 9.59 Å². The molecule has 6 nitrogen and oxygen atoms in total. The molecule has 1 heterocycles. The van der Waals surface area contributed by atoms with Crippen molar-refractivity contribution in [2.75, 3.05) is 34.4 Å². The first-order valence-electron chi connectivity index (χ1n) is 9.68. The Bertz CT molecular complexity index is 858. The summed E-state index contributed by atoms with van der Waals surface area (Å²) in [6.45, 7) is 3.08. The first-order chi connectivity index (χ1) is 14.0. The molecule has 1 fully saturated rings. The van der Waals surface area contributed by atoms with Crippen molar-refractivity contribution >= 4 is 11.7 Å². The maximum Gasteiger partial charge on any atom is 0.254 e. The lowest BCUT2D eigenvalue weighted by atomic mass is 9.88. The van der Waals surface area contributed by atoms with Crippen LogP contribution in [0.25, 0.3) is 0 Å². The van der Waals surface area contributed by atoms with Gasteiger partial charge >= 0.3 is 0 Å². The molecule has 29 heavy (non-hydrogen) atoms. The molecule has 1 aliphatic heterocycles. The molecule has 2 aromatic carbocycles. The molecular formula is C23H27NO5. The second-order valence-electron chi connectivity index (χ2n) is 7.21. The third-order valence-corrected chi connectivity index (χ3v) is 5.40. The van der Waals surface area contributed by atoms with Crippen LogP contribution >= 0.6 is 0 Å². The molecule has 0 unspecified atom stereocenters. The molecule has 0 atom stereocenters. The zero-order valence-corrected chi connectivity index (χ0v) is 17.4. The van der Waals surface area contributed by atoms with Gasteiger partial charge in [-0.1, -0.05) is 29.8 Å². The number of piperidine rings is 1. The fourth-order valence-electron chi connectivity index (χ4n) is 3.69. The lowest BCUT2D eigenvalue weighted by Gasteiger charge is -2.31. The van der Waals surface area contributed by atoms with E-state index in [0.717, 1.165) is 11.1 Å². The molecular weight excluding hydrogens is 370 g/mol. The highest BCUT2D eigenvalue weighted by atomic mass is 16.5. The molecule has 0 aromatic heterocycles. The van der Waals surface area contributed by atoms with Crippen molar-refractivity contribution in [1.29, 1.82) is 0 Å². The Morgan fingerprint density at radius 3 is 1.90 bits per heavy atom. The molecule has 0 radical (unpaired) electrons. The fourth-order valence-corrected chi connectivity index (χ4v) is 3.69. The summed E-state index contributed by atoms with van der Waals surface area (Å²) in [5, 5.41) is 0. The first-order valence-corrected chi connectivity index (χ1v) is 9.68. The normalized spacial score (nSPS) is 14.4. The van der Waals surface area contributed by atoms with Crippen LogP contribution in [0.5, 0.6) is 17.2 Å². The third-order valence-electron chi connectivity index (χ3n) is 5.40. The van der Waals surface area contributed by atoms with E-state index < -0.39 is 0 Å². The Hall–Kier alpha value is -3.02. The Labute approximate surface area is 171 Å². The Balaban J connectivity index is 1.70. The summed E-state index contributed by atoms with van der Waals surface area (Å²) in [6.07, 6.45) is 1.31. The fraction of sp³-hybridized carbons (Fsp3) is 0.391. The van der Waals surface area contributed by atoms with Gasteiger partial charge in [0, 0.05) is 30.1 Å². The van der Waals surface area contributed by atoms with Gasteiger partial charge in [-0.25, -0.2) is 0 Å². The van der Waals surface area contributed by atoms with Gasteiger partial charge in [0.1, 0.15) is 0 Å². The van der Waals surface area contributed by atoms with Crippen molar-refractivity contribution in [3.05, 3.63) is 53.1 Å². The number of ether oxygens (including phenoxy) is 3. The van der Waals surface area contributed by atoms with Gasteiger partial charge in [0.2, 0.25) is 5.75 Å². The van der Waals surface area contributed by atoms with Crippen LogP contribution in [0, 0.1) is 12.8 Å². The van der Waals surface area contributed by atoms with Crippen LogP contribution in [-0.4, -0.2) is 51.0 Å². The number of Topliss-reactive ketones (excluding diaryl/α,β-unsaturated/α-hetero) is 1. The summed E-state index contributed by atoms with van der Waals surface area (Å²) in [4.78, 5) is 27.5. The molecule has 1 aliphatic rings. The Morgan fingerprint density at radius 1 is 0.862 bits per heavy atom. The number of ketones is 1. The van der Waals surface area contributed by atoms with Gasteiger partial charge in [-0.2, -0.15) is 0 Å². The van der Waals surface area contributed by atoms with Crippen molar-refractivity contribution in [3.8, 4) is 17.2 Å². The number of hydrogen-bond donors (Lipinski definition) is 0. The topological polar surface area (TPSA) is 65.1 Å². The average molecular weight is 397 g/mol. The van der Waals surface area contributed by atoms with E-state index in [-0.39, 0.29) is 17.6 Å². The van der Waals surface area contributed by atoms with Crippen LogP contribution in [0.1, 0.15) is 39.1 Å². The summed E-state index contributed by atoms with van der Waals surface area (Å²) in [7, 11) is 4.57. The van der Waals surface area contributed by atoms with Crippen molar-refractivity contribution in [2.45, 2.75) is 19.8 Å². The number of aryl methyl sites for hydroxylation is 1. The quantitative estimate of drug-likeness (QED) is 0.695. The van der Waals surface area contributed by atoms with Crippen molar-refractivity contribution in [1.82, 2.24) is 4.90 Å². The Morgan fingerprint density at radius 2 is 1.41 bits per heavy atom. The highest BCUT2D eigenvalue weighted by Gasteiger charge is 2.29. The van der Waals surface area contributed by atoms with Crippen molar-refractivity contribution in [2.24, 2.45) is 5.92 Å². The van der Waals surface area contributed by atoms with Crippen LogP contribution in [0.2, 0.25) is 0 Å². The number of hydrogen-bond acceptors (Lipinski definition) is 5. The number of benzene rings is 2.